The number of benzene rings is 1. The van der Waals surface area contributed by atoms with Crippen molar-refractivity contribution in [1.82, 2.24) is 0 Å². The fourth-order valence-corrected chi connectivity index (χ4v) is 3.26. The first-order valence-electron chi connectivity index (χ1n) is 6.86. The van der Waals surface area contributed by atoms with Gasteiger partial charge < -0.3 is 5.73 Å². The molecule has 3 heteroatoms. The van der Waals surface area contributed by atoms with Crippen LogP contribution >= 0.6 is 0 Å². The molecule has 0 atom stereocenters. The number of rotatable bonds is 4. The molecule has 1 amide bonds. The van der Waals surface area contributed by atoms with Crippen LogP contribution in [0.25, 0.3) is 0 Å². The zero-order chi connectivity index (χ0) is 13.2. The number of amides is 1. The summed E-state index contributed by atoms with van der Waals surface area (Å²) in [5.41, 5.74) is 8.77. The molecule has 1 saturated carbocycles. The Balaban J connectivity index is 2.55. The average Bonchev–Trinajstić information content (AvgIpc) is 2.87. The van der Waals surface area contributed by atoms with Crippen LogP contribution in [0, 0.1) is 0 Å². The molecule has 0 saturated heterocycles. The maximum absolute atomic E-state index is 11.6. The van der Waals surface area contributed by atoms with Crippen molar-refractivity contribution >= 4 is 18.6 Å². The summed E-state index contributed by atoms with van der Waals surface area (Å²) < 4.78 is 0. The Morgan fingerprint density at radius 1 is 1.39 bits per heavy atom. The fraction of sp³-hybridized carbons (Fsp3) is 0.533. The van der Waals surface area contributed by atoms with Gasteiger partial charge in [-0.15, -0.1) is 0 Å². The van der Waals surface area contributed by atoms with Crippen LogP contribution in [0.2, 0.25) is 6.82 Å². The number of hydrogen-bond donors (Lipinski definition) is 1. The van der Waals surface area contributed by atoms with Crippen LogP contribution in [0.5, 0.6) is 0 Å². The summed E-state index contributed by atoms with van der Waals surface area (Å²) in [6, 6.07) is 6.03. The van der Waals surface area contributed by atoms with Crippen LogP contribution in [-0.4, -0.2) is 13.2 Å². The second kappa shape index (κ2) is 5.17. The number of carbonyl (C=O) groups is 1. The minimum Gasteiger partial charge on any atom is -0.366 e. The van der Waals surface area contributed by atoms with Gasteiger partial charge in [-0.2, -0.15) is 0 Å². The molecule has 1 aromatic rings. The van der Waals surface area contributed by atoms with Crippen molar-refractivity contribution in [3.63, 3.8) is 0 Å². The molecule has 0 unspecified atom stereocenters. The number of nitrogens with two attached hydrogens (primary N) is 1. The van der Waals surface area contributed by atoms with Gasteiger partial charge in [0.2, 0.25) is 5.91 Å². The molecule has 0 aliphatic heterocycles. The smallest absolute Gasteiger partial charge is 0.248 e. The molecule has 1 radical (unpaired) electrons. The standard InChI is InChI=1S/C15H21BNO/c1-3-15(8-4-5-9-15)13-10-11(16-2)6-7-12(13)14(17)18/h6-7,10H,3-5,8-9H2,1-2H3,(H2,17,18). The maximum atomic E-state index is 11.6. The molecule has 1 fully saturated rings. The first kappa shape index (κ1) is 13.2. The van der Waals surface area contributed by atoms with Gasteiger partial charge in [0.25, 0.3) is 0 Å². The van der Waals surface area contributed by atoms with Crippen molar-refractivity contribution in [3.05, 3.63) is 29.3 Å². The fourth-order valence-electron chi connectivity index (χ4n) is 3.26. The first-order chi connectivity index (χ1) is 8.63. The molecular weight excluding hydrogens is 221 g/mol. The van der Waals surface area contributed by atoms with Crippen molar-refractivity contribution in [3.8, 4) is 0 Å². The highest BCUT2D eigenvalue weighted by Crippen LogP contribution is 2.44. The molecule has 1 aromatic carbocycles. The summed E-state index contributed by atoms with van der Waals surface area (Å²) in [5.74, 6) is -0.299. The van der Waals surface area contributed by atoms with E-state index in [0.29, 0.717) is 5.56 Å². The van der Waals surface area contributed by atoms with Gasteiger partial charge in [-0.1, -0.05) is 44.2 Å². The van der Waals surface area contributed by atoms with E-state index in [0.717, 1.165) is 6.42 Å². The topological polar surface area (TPSA) is 43.1 Å². The predicted octanol–water partition coefficient (Wildman–Crippen LogP) is 2.38. The molecule has 0 spiro atoms. The van der Waals surface area contributed by atoms with Crippen LogP contribution < -0.4 is 11.2 Å². The molecule has 18 heavy (non-hydrogen) atoms. The number of primary amides is 1. The van der Waals surface area contributed by atoms with E-state index in [2.05, 4.69) is 20.3 Å². The minimum atomic E-state index is -0.299. The molecule has 1 aliphatic carbocycles. The van der Waals surface area contributed by atoms with Crippen LogP contribution in [0.3, 0.4) is 0 Å². The highest BCUT2D eigenvalue weighted by Gasteiger charge is 2.36. The quantitative estimate of drug-likeness (QED) is 0.809. The Bertz CT molecular complexity index is 450. The SMILES string of the molecule is C[B]c1ccc(C(N)=O)c(C2(CC)CCCC2)c1. The van der Waals surface area contributed by atoms with E-state index in [9.17, 15) is 4.79 Å². The third-order valence-corrected chi connectivity index (χ3v) is 4.45. The second-order valence-electron chi connectivity index (χ2n) is 5.30. The Hall–Kier alpha value is -1.25. The molecule has 0 bridgehead atoms. The zero-order valence-corrected chi connectivity index (χ0v) is 11.3. The summed E-state index contributed by atoms with van der Waals surface area (Å²) in [6.45, 7) is 4.24. The van der Waals surface area contributed by atoms with E-state index >= 15 is 0 Å². The Morgan fingerprint density at radius 2 is 2.06 bits per heavy atom. The van der Waals surface area contributed by atoms with Gasteiger partial charge in [0.1, 0.15) is 7.28 Å². The molecule has 2 N–H and O–H groups in total. The Kier molecular flexibility index (Phi) is 3.79. The van der Waals surface area contributed by atoms with Gasteiger partial charge in [0.15, 0.2) is 0 Å². The third-order valence-electron chi connectivity index (χ3n) is 4.45. The lowest BCUT2D eigenvalue weighted by molar-refractivity contribution is 0.0997. The molecule has 2 nitrogen and oxygen atoms in total. The van der Waals surface area contributed by atoms with Crippen LogP contribution in [0.1, 0.15) is 54.9 Å². The van der Waals surface area contributed by atoms with Crippen molar-refractivity contribution < 1.29 is 4.79 Å². The summed E-state index contributed by atoms with van der Waals surface area (Å²) in [7, 11) is 2.08. The number of carbonyl (C=O) groups excluding carboxylic acids is 1. The maximum Gasteiger partial charge on any atom is 0.248 e. The van der Waals surface area contributed by atoms with E-state index in [-0.39, 0.29) is 11.3 Å². The molecule has 0 aromatic heterocycles. The van der Waals surface area contributed by atoms with Gasteiger partial charge in [-0.25, -0.2) is 0 Å². The van der Waals surface area contributed by atoms with Gasteiger partial charge >= 0.3 is 0 Å². The minimum absolute atomic E-state index is 0.170. The van der Waals surface area contributed by atoms with Gasteiger partial charge in [0.05, 0.1) is 0 Å². The number of hydrogen-bond acceptors (Lipinski definition) is 1. The predicted molar refractivity (Wildman–Crippen MR) is 76.6 cm³/mol. The Morgan fingerprint density at radius 3 is 2.56 bits per heavy atom. The summed E-state index contributed by atoms with van der Waals surface area (Å²) in [4.78, 5) is 11.6. The lowest BCUT2D eigenvalue weighted by Crippen LogP contribution is -2.29. The van der Waals surface area contributed by atoms with E-state index < -0.39 is 0 Å². The normalized spacial score (nSPS) is 17.7. The first-order valence-corrected chi connectivity index (χ1v) is 6.86. The average molecular weight is 242 g/mol. The third kappa shape index (κ3) is 2.18. The lowest BCUT2D eigenvalue weighted by atomic mass is 9.68. The van der Waals surface area contributed by atoms with Crippen molar-refractivity contribution in [2.24, 2.45) is 5.73 Å². The van der Waals surface area contributed by atoms with E-state index in [1.807, 2.05) is 19.0 Å². The molecule has 95 valence electrons. The molecule has 0 heterocycles. The van der Waals surface area contributed by atoms with Crippen molar-refractivity contribution in [2.45, 2.75) is 51.3 Å². The van der Waals surface area contributed by atoms with Crippen LogP contribution in [0.4, 0.5) is 0 Å². The van der Waals surface area contributed by atoms with E-state index in [1.165, 1.54) is 36.7 Å². The monoisotopic (exact) mass is 242 g/mol. The van der Waals surface area contributed by atoms with Crippen molar-refractivity contribution in [1.29, 1.82) is 0 Å². The molecule has 2 rings (SSSR count). The van der Waals surface area contributed by atoms with E-state index in [1.54, 1.807) is 0 Å². The van der Waals surface area contributed by atoms with Gasteiger partial charge in [-0.05, 0) is 36.3 Å². The van der Waals surface area contributed by atoms with Crippen molar-refractivity contribution in [2.75, 3.05) is 0 Å². The highest BCUT2D eigenvalue weighted by molar-refractivity contribution is 6.52. The van der Waals surface area contributed by atoms with Gasteiger partial charge in [0, 0.05) is 5.56 Å². The van der Waals surface area contributed by atoms with Crippen LogP contribution in [0.15, 0.2) is 18.2 Å². The Labute approximate surface area is 110 Å². The summed E-state index contributed by atoms with van der Waals surface area (Å²) in [5, 5.41) is 0. The van der Waals surface area contributed by atoms with Gasteiger partial charge in [-0.3, -0.25) is 4.79 Å². The summed E-state index contributed by atoms with van der Waals surface area (Å²) in [6.07, 6.45) is 5.95. The zero-order valence-electron chi connectivity index (χ0n) is 11.3. The highest BCUT2D eigenvalue weighted by atomic mass is 16.1. The molecular formula is C15H21BNO. The summed E-state index contributed by atoms with van der Waals surface area (Å²) >= 11 is 0. The second-order valence-corrected chi connectivity index (χ2v) is 5.30. The van der Waals surface area contributed by atoms with E-state index in [4.69, 9.17) is 5.73 Å². The lowest BCUT2D eigenvalue weighted by Gasteiger charge is -2.30. The largest absolute Gasteiger partial charge is 0.366 e. The molecule has 1 aliphatic rings. The van der Waals surface area contributed by atoms with Crippen LogP contribution in [-0.2, 0) is 5.41 Å².